The summed E-state index contributed by atoms with van der Waals surface area (Å²) in [6.45, 7) is 5.88. The van der Waals surface area contributed by atoms with Crippen molar-refractivity contribution >= 4 is 28.8 Å². The molecule has 258 valence electrons. The number of amides is 2. The number of anilines is 1. The first-order valence-corrected chi connectivity index (χ1v) is 17.4. The minimum atomic E-state index is -0.659. The van der Waals surface area contributed by atoms with Crippen LogP contribution in [0, 0.1) is 5.92 Å². The van der Waals surface area contributed by atoms with E-state index in [-0.39, 0.29) is 28.8 Å². The molecular formula is C38H44N4O6S. The van der Waals surface area contributed by atoms with Gasteiger partial charge in [-0.1, -0.05) is 56.7 Å². The number of thiazole rings is 1. The van der Waals surface area contributed by atoms with Gasteiger partial charge >= 0.3 is 0 Å². The van der Waals surface area contributed by atoms with Crippen molar-refractivity contribution in [3.63, 3.8) is 0 Å². The third-order valence-corrected chi connectivity index (χ3v) is 9.89. The zero-order valence-corrected chi connectivity index (χ0v) is 29.7. The molecule has 0 aliphatic heterocycles. The van der Waals surface area contributed by atoms with E-state index >= 15 is 0 Å². The maximum absolute atomic E-state index is 13.9. The van der Waals surface area contributed by atoms with Crippen molar-refractivity contribution in [3.8, 4) is 39.6 Å². The van der Waals surface area contributed by atoms with Gasteiger partial charge in [0.05, 0.1) is 43.8 Å². The van der Waals surface area contributed by atoms with Crippen LogP contribution in [0.15, 0.2) is 64.8 Å². The SMILES string of the molecule is CCC(C)C(Nc1ccc2c(cc1=O)C(NC(C)=O)CCc1cc(OC)c(OC)c(OC)c1-2)C(=O)NCCc1nc(-c2ccccc2)cs1. The number of hydrogen-bond acceptors (Lipinski definition) is 9. The molecule has 2 amide bonds. The highest BCUT2D eigenvalue weighted by Crippen LogP contribution is 2.50. The van der Waals surface area contributed by atoms with Crippen molar-refractivity contribution in [2.45, 2.75) is 58.5 Å². The first-order chi connectivity index (χ1) is 23.7. The smallest absolute Gasteiger partial charge is 0.242 e. The van der Waals surface area contributed by atoms with E-state index in [2.05, 4.69) is 16.0 Å². The first kappa shape index (κ1) is 35.4. The van der Waals surface area contributed by atoms with E-state index in [0.717, 1.165) is 39.4 Å². The molecule has 1 aliphatic carbocycles. The molecule has 5 rings (SSSR count). The van der Waals surface area contributed by atoms with Gasteiger partial charge in [-0.15, -0.1) is 11.3 Å². The van der Waals surface area contributed by atoms with Gasteiger partial charge in [-0.25, -0.2) is 4.98 Å². The molecule has 0 saturated heterocycles. The third-order valence-electron chi connectivity index (χ3n) is 8.98. The summed E-state index contributed by atoms with van der Waals surface area (Å²) < 4.78 is 17.2. The zero-order valence-electron chi connectivity index (χ0n) is 28.8. The Labute approximate surface area is 291 Å². The molecule has 0 bridgehead atoms. The highest BCUT2D eigenvalue weighted by molar-refractivity contribution is 7.09. The van der Waals surface area contributed by atoms with E-state index < -0.39 is 12.1 Å². The van der Waals surface area contributed by atoms with Crippen LogP contribution in [0.4, 0.5) is 5.69 Å². The van der Waals surface area contributed by atoms with Crippen LogP contribution in [-0.4, -0.2) is 50.7 Å². The number of benzene rings is 2. The fourth-order valence-corrected chi connectivity index (χ4v) is 7.07. The number of aryl methyl sites for hydroxylation is 1. The molecule has 3 unspecified atom stereocenters. The van der Waals surface area contributed by atoms with Crippen LogP contribution in [0.1, 0.15) is 55.8 Å². The average Bonchev–Trinajstić information content (AvgIpc) is 3.46. The number of hydrogen-bond donors (Lipinski definition) is 3. The maximum atomic E-state index is 13.9. The summed E-state index contributed by atoms with van der Waals surface area (Å²) >= 11 is 1.57. The zero-order chi connectivity index (χ0) is 35.1. The summed E-state index contributed by atoms with van der Waals surface area (Å²) in [7, 11) is 4.68. The molecule has 1 heterocycles. The Hall–Kier alpha value is -4.90. The lowest BCUT2D eigenvalue weighted by Gasteiger charge is -2.24. The van der Waals surface area contributed by atoms with Gasteiger partial charge in [0.15, 0.2) is 11.5 Å². The Morgan fingerprint density at radius 3 is 2.45 bits per heavy atom. The highest BCUT2D eigenvalue weighted by atomic mass is 32.1. The van der Waals surface area contributed by atoms with Crippen LogP contribution in [0.25, 0.3) is 22.4 Å². The van der Waals surface area contributed by atoms with Crippen LogP contribution in [0.2, 0.25) is 0 Å². The maximum Gasteiger partial charge on any atom is 0.242 e. The van der Waals surface area contributed by atoms with Crippen LogP contribution in [0.3, 0.4) is 0 Å². The quantitative estimate of drug-likeness (QED) is 0.153. The van der Waals surface area contributed by atoms with Gasteiger partial charge in [0.2, 0.25) is 23.0 Å². The van der Waals surface area contributed by atoms with Crippen molar-refractivity contribution in [2.75, 3.05) is 33.2 Å². The Bertz CT molecular complexity index is 1860. The number of aromatic nitrogens is 1. The first-order valence-electron chi connectivity index (χ1n) is 16.5. The summed E-state index contributed by atoms with van der Waals surface area (Å²) in [5.41, 5.74) is 5.03. The topological polar surface area (TPSA) is 128 Å². The number of rotatable bonds is 13. The molecule has 0 fully saturated rings. The second kappa shape index (κ2) is 16.0. The van der Waals surface area contributed by atoms with Crippen molar-refractivity contribution in [1.82, 2.24) is 15.6 Å². The minimum Gasteiger partial charge on any atom is -0.493 e. The number of methoxy groups -OCH3 is 3. The lowest BCUT2D eigenvalue weighted by Crippen LogP contribution is -2.45. The Morgan fingerprint density at radius 1 is 1.02 bits per heavy atom. The van der Waals surface area contributed by atoms with E-state index in [1.807, 2.05) is 61.7 Å². The second-order valence-electron chi connectivity index (χ2n) is 12.1. The van der Waals surface area contributed by atoms with Gasteiger partial charge in [-0.3, -0.25) is 14.4 Å². The van der Waals surface area contributed by atoms with Crippen molar-refractivity contribution in [3.05, 3.63) is 86.3 Å². The van der Waals surface area contributed by atoms with E-state index in [9.17, 15) is 14.4 Å². The molecule has 4 aromatic rings. The Morgan fingerprint density at radius 2 is 1.78 bits per heavy atom. The minimum absolute atomic E-state index is 0.0723. The second-order valence-corrected chi connectivity index (χ2v) is 13.1. The number of carbonyl (C=O) groups excluding carboxylic acids is 2. The third kappa shape index (κ3) is 7.88. The van der Waals surface area contributed by atoms with E-state index in [4.69, 9.17) is 19.2 Å². The molecule has 0 spiro atoms. The van der Waals surface area contributed by atoms with Gasteiger partial charge in [-0.2, -0.15) is 0 Å². The van der Waals surface area contributed by atoms with Gasteiger partial charge < -0.3 is 30.2 Å². The molecule has 1 aliphatic rings. The lowest BCUT2D eigenvalue weighted by molar-refractivity contribution is -0.123. The number of nitrogens with one attached hydrogen (secondary N) is 3. The van der Waals surface area contributed by atoms with Crippen LogP contribution < -0.4 is 35.6 Å². The van der Waals surface area contributed by atoms with Crippen LogP contribution >= 0.6 is 11.3 Å². The molecule has 3 N–H and O–H groups in total. The average molecular weight is 685 g/mol. The van der Waals surface area contributed by atoms with Crippen molar-refractivity contribution in [1.29, 1.82) is 0 Å². The summed E-state index contributed by atoms with van der Waals surface area (Å²) in [4.78, 5) is 44.6. The lowest BCUT2D eigenvalue weighted by atomic mass is 9.95. The molecule has 1 aromatic heterocycles. The van der Waals surface area contributed by atoms with E-state index in [0.29, 0.717) is 48.6 Å². The molecule has 10 nitrogen and oxygen atoms in total. The molecule has 11 heteroatoms. The summed E-state index contributed by atoms with van der Waals surface area (Å²) in [5.74, 6) is 0.964. The van der Waals surface area contributed by atoms with Crippen LogP contribution in [0.5, 0.6) is 17.2 Å². The normalized spacial score (nSPS) is 14.7. The predicted molar refractivity (Wildman–Crippen MR) is 194 cm³/mol. The monoisotopic (exact) mass is 684 g/mol. The Kier molecular flexibility index (Phi) is 11.6. The van der Waals surface area contributed by atoms with Gasteiger partial charge in [-0.05, 0) is 53.6 Å². The molecule has 3 atom stereocenters. The van der Waals surface area contributed by atoms with E-state index in [1.54, 1.807) is 44.8 Å². The number of carbonyl (C=O) groups is 2. The van der Waals surface area contributed by atoms with Gasteiger partial charge in [0.25, 0.3) is 0 Å². The fraction of sp³-hybridized carbons (Fsp3) is 0.368. The molecule has 0 saturated carbocycles. The fourth-order valence-electron chi connectivity index (χ4n) is 6.27. The number of fused-ring (bicyclic) bond motifs is 3. The van der Waals surface area contributed by atoms with Gasteiger partial charge in [0, 0.05) is 36.4 Å². The van der Waals surface area contributed by atoms with Gasteiger partial charge in [0.1, 0.15) is 6.04 Å². The standard InChI is InChI=1S/C38H44N4O6S/c1-7-22(2)35(38(45)39-18-17-33-41-30(21-49-33)24-11-9-8-10-12-24)42-29-16-14-26-27(20-31(29)44)28(40-23(3)43)15-13-25-19-32(46-4)36(47-5)37(48-6)34(25)26/h8-12,14,16,19-22,28,35H,7,13,15,17-18H2,1-6H3,(H,39,45)(H,40,43)(H,42,44). The summed E-state index contributed by atoms with van der Waals surface area (Å²) in [6, 6.07) is 15.9. The molecule has 49 heavy (non-hydrogen) atoms. The highest BCUT2D eigenvalue weighted by Gasteiger charge is 2.30. The van der Waals surface area contributed by atoms with Crippen molar-refractivity contribution < 1.29 is 23.8 Å². The van der Waals surface area contributed by atoms with Crippen molar-refractivity contribution in [2.24, 2.45) is 5.92 Å². The van der Waals surface area contributed by atoms with E-state index in [1.165, 1.54) is 6.92 Å². The number of nitrogens with zero attached hydrogens (tertiary/aromatic N) is 1. The Balaban J connectivity index is 1.45. The predicted octanol–water partition coefficient (Wildman–Crippen LogP) is 6.17. The largest absolute Gasteiger partial charge is 0.493 e. The summed E-state index contributed by atoms with van der Waals surface area (Å²) in [6.07, 6.45) is 2.46. The molecular weight excluding hydrogens is 641 g/mol. The number of ether oxygens (including phenoxy) is 3. The summed E-state index contributed by atoms with van der Waals surface area (Å²) in [5, 5.41) is 12.3. The molecule has 3 aromatic carbocycles. The molecule has 0 radical (unpaired) electrons. The van der Waals surface area contributed by atoms with Crippen LogP contribution in [-0.2, 0) is 22.4 Å².